The van der Waals surface area contributed by atoms with Gasteiger partial charge in [0.1, 0.15) is 0 Å². The number of amides is 2. The maximum atomic E-state index is 12.7. The summed E-state index contributed by atoms with van der Waals surface area (Å²) in [7, 11) is 0. The van der Waals surface area contributed by atoms with E-state index in [0.29, 0.717) is 34.1 Å². The lowest BCUT2D eigenvalue weighted by Gasteiger charge is -2.34. The van der Waals surface area contributed by atoms with E-state index in [1.807, 2.05) is 0 Å². The van der Waals surface area contributed by atoms with Crippen molar-refractivity contribution < 1.29 is 28.5 Å². The maximum Gasteiger partial charge on any atom is 0.251 e. The Hall–Kier alpha value is -3.42. The molecule has 2 aromatic rings. The lowest BCUT2D eigenvalue weighted by Crippen LogP contribution is -2.39. The predicted octanol–water partition coefficient (Wildman–Crippen LogP) is 4.81. The topological polar surface area (TPSA) is 95.1 Å². The first-order valence-electron chi connectivity index (χ1n) is 13.5. The number of fused-ring (bicyclic) bond motifs is 2. The molecule has 0 unspecified atom stereocenters. The molecule has 0 bridgehead atoms. The minimum absolute atomic E-state index is 0.0390. The first kappa shape index (κ1) is 23.9. The molecule has 2 amide bonds. The molecule has 2 aromatic carbocycles. The zero-order valence-corrected chi connectivity index (χ0v) is 21.0. The lowest BCUT2D eigenvalue weighted by atomic mass is 9.75. The molecule has 0 atom stereocenters. The average Bonchev–Trinajstić information content (AvgIpc) is 3.59. The minimum atomic E-state index is -0.0390. The van der Waals surface area contributed by atoms with Gasteiger partial charge in [-0.3, -0.25) is 9.59 Å². The summed E-state index contributed by atoms with van der Waals surface area (Å²) in [4.78, 5) is 25.4. The molecule has 2 fully saturated rings. The summed E-state index contributed by atoms with van der Waals surface area (Å²) in [6, 6.07) is 11.2. The second kappa shape index (κ2) is 10.5. The van der Waals surface area contributed by atoms with Crippen molar-refractivity contribution in [2.75, 3.05) is 13.6 Å². The van der Waals surface area contributed by atoms with Gasteiger partial charge in [0.2, 0.25) is 13.6 Å². The van der Waals surface area contributed by atoms with Gasteiger partial charge in [-0.2, -0.15) is 0 Å². The van der Waals surface area contributed by atoms with Gasteiger partial charge in [0.25, 0.3) is 11.8 Å². The van der Waals surface area contributed by atoms with Crippen LogP contribution < -0.4 is 29.6 Å². The Morgan fingerprint density at radius 3 is 1.43 bits per heavy atom. The van der Waals surface area contributed by atoms with Crippen LogP contribution in [0.15, 0.2) is 36.4 Å². The summed E-state index contributed by atoms with van der Waals surface area (Å²) in [5.41, 5.74) is 1.24. The van der Waals surface area contributed by atoms with Crippen molar-refractivity contribution in [1.29, 1.82) is 0 Å². The van der Waals surface area contributed by atoms with Crippen LogP contribution in [-0.2, 0) is 0 Å². The molecule has 2 saturated carbocycles. The van der Waals surface area contributed by atoms with Gasteiger partial charge in [0, 0.05) is 23.2 Å². The molecule has 0 saturated heterocycles. The zero-order valence-electron chi connectivity index (χ0n) is 21.0. The molecule has 2 heterocycles. The van der Waals surface area contributed by atoms with Crippen molar-refractivity contribution >= 4 is 11.8 Å². The van der Waals surface area contributed by atoms with Gasteiger partial charge in [0.05, 0.1) is 0 Å². The summed E-state index contributed by atoms with van der Waals surface area (Å²) in [6.07, 6.45) is 10.0. The predicted molar refractivity (Wildman–Crippen MR) is 136 cm³/mol. The Kier molecular flexibility index (Phi) is 6.81. The third kappa shape index (κ3) is 5.48. The Morgan fingerprint density at radius 1 is 0.595 bits per heavy atom. The van der Waals surface area contributed by atoms with Crippen LogP contribution in [0, 0.1) is 11.8 Å². The van der Waals surface area contributed by atoms with Crippen LogP contribution in [0.4, 0.5) is 0 Å². The second-order valence-corrected chi connectivity index (χ2v) is 10.8. The molecule has 0 radical (unpaired) electrons. The molecule has 37 heavy (non-hydrogen) atoms. The number of ether oxygens (including phenoxy) is 4. The first-order valence-corrected chi connectivity index (χ1v) is 13.5. The normalized spacial score (nSPS) is 25.9. The van der Waals surface area contributed by atoms with Gasteiger partial charge in [-0.1, -0.05) is 0 Å². The number of rotatable bonds is 6. The molecule has 0 spiro atoms. The smallest absolute Gasteiger partial charge is 0.251 e. The van der Waals surface area contributed by atoms with Crippen molar-refractivity contribution in [2.45, 2.75) is 69.9 Å². The highest BCUT2D eigenvalue weighted by molar-refractivity contribution is 5.95. The molecule has 196 valence electrons. The lowest BCUT2D eigenvalue weighted by molar-refractivity contribution is 0.0917. The Labute approximate surface area is 217 Å². The minimum Gasteiger partial charge on any atom is -0.454 e. The molecule has 2 aliphatic carbocycles. The van der Waals surface area contributed by atoms with E-state index >= 15 is 0 Å². The van der Waals surface area contributed by atoms with Gasteiger partial charge in [-0.05, 0) is 106 Å². The van der Waals surface area contributed by atoms with Crippen LogP contribution in [0.25, 0.3) is 0 Å². The standard InChI is InChI=1S/C29H34N2O6/c32-28(20-5-11-24-26(14-20)36-16-34-24)30-22-7-1-18(2-8-22)13-19-3-9-23(10-4-19)31-29(33)21-6-12-25-27(15-21)37-17-35-25/h5-6,11-12,14-15,18-19,22-23H,1-4,7-10,13,16-17H2,(H,30,32)(H,31,33). The van der Waals surface area contributed by atoms with Crippen molar-refractivity contribution in [3.05, 3.63) is 47.5 Å². The summed E-state index contributed by atoms with van der Waals surface area (Å²) in [6.45, 7) is 0.420. The summed E-state index contributed by atoms with van der Waals surface area (Å²) in [5, 5.41) is 6.42. The highest BCUT2D eigenvalue weighted by Gasteiger charge is 2.29. The molecule has 2 N–H and O–H groups in total. The van der Waals surface area contributed by atoms with E-state index in [0.717, 1.165) is 63.2 Å². The van der Waals surface area contributed by atoms with Crippen molar-refractivity contribution in [2.24, 2.45) is 11.8 Å². The van der Waals surface area contributed by atoms with Crippen molar-refractivity contribution in [1.82, 2.24) is 10.6 Å². The molecule has 6 rings (SSSR count). The third-order valence-electron chi connectivity index (χ3n) is 8.30. The van der Waals surface area contributed by atoms with Gasteiger partial charge in [-0.15, -0.1) is 0 Å². The Balaban J connectivity index is 0.907. The van der Waals surface area contributed by atoms with Crippen LogP contribution in [-0.4, -0.2) is 37.5 Å². The maximum absolute atomic E-state index is 12.7. The largest absolute Gasteiger partial charge is 0.454 e. The number of hydrogen-bond acceptors (Lipinski definition) is 6. The fraction of sp³-hybridized carbons (Fsp3) is 0.517. The summed E-state index contributed by atoms with van der Waals surface area (Å²) in [5.74, 6) is 4.03. The number of nitrogens with one attached hydrogen (secondary N) is 2. The summed E-state index contributed by atoms with van der Waals surface area (Å²) < 4.78 is 21.5. The Bertz CT molecular complexity index is 1060. The van der Waals surface area contributed by atoms with Crippen LogP contribution in [0.2, 0.25) is 0 Å². The molecule has 8 nitrogen and oxygen atoms in total. The van der Waals surface area contributed by atoms with E-state index in [2.05, 4.69) is 10.6 Å². The first-order chi connectivity index (χ1) is 18.1. The molecule has 4 aliphatic rings. The molecule has 0 aromatic heterocycles. The van der Waals surface area contributed by atoms with Crippen LogP contribution in [0.5, 0.6) is 23.0 Å². The van der Waals surface area contributed by atoms with Gasteiger partial charge in [-0.25, -0.2) is 0 Å². The molecular weight excluding hydrogens is 472 g/mol. The van der Waals surface area contributed by atoms with E-state index < -0.39 is 0 Å². The van der Waals surface area contributed by atoms with Crippen LogP contribution in [0.1, 0.15) is 78.5 Å². The van der Waals surface area contributed by atoms with Gasteiger partial charge >= 0.3 is 0 Å². The number of carbonyl (C=O) groups excluding carboxylic acids is 2. The number of hydrogen-bond donors (Lipinski definition) is 2. The van der Waals surface area contributed by atoms with E-state index in [1.54, 1.807) is 36.4 Å². The summed E-state index contributed by atoms with van der Waals surface area (Å²) >= 11 is 0. The molecule has 2 aliphatic heterocycles. The van der Waals surface area contributed by atoms with Crippen LogP contribution >= 0.6 is 0 Å². The Morgan fingerprint density at radius 2 is 1.00 bits per heavy atom. The van der Waals surface area contributed by atoms with Gasteiger partial charge in [0.15, 0.2) is 23.0 Å². The van der Waals surface area contributed by atoms with E-state index in [4.69, 9.17) is 18.9 Å². The number of benzene rings is 2. The van der Waals surface area contributed by atoms with Crippen LogP contribution in [0.3, 0.4) is 0 Å². The highest BCUT2D eigenvalue weighted by Crippen LogP contribution is 2.37. The SMILES string of the molecule is O=C(NC1CCC(CC2CCC(NC(=O)c3ccc4c(c3)OCO4)CC2)CC1)c1ccc2c(c1)OCO2. The highest BCUT2D eigenvalue weighted by atomic mass is 16.7. The second-order valence-electron chi connectivity index (χ2n) is 10.8. The number of carbonyl (C=O) groups is 2. The fourth-order valence-electron chi connectivity index (χ4n) is 6.17. The molecular formula is C29H34N2O6. The van der Waals surface area contributed by atoms with E-state index in [-0.39, 0.29) is 37.5 Å². The molecule has 8 heteroatoms. The monoisotopic (exact) mass is 506 g/mol. The van der Waals surface area contributed by atoms with Gasteiger partial charge < -0.3 is 29.6 Å². The average molecular weight is 507 g/mol. The van der Waals surface area contributed by atoms with Crippen molar-refractivity contribution in [3.63, 3.8) is 0 Å². The van der Waals surface area contributed by atoms with E-state index in [9.17, 15) is 9.59 Å². The third-order valence-corrected chi connectivity index (χ3v) is 8.30. The quantitative estimate of drug-likeness (QED) is 0.584. The zero-order chi connectivity index (χ0) is 25.2. The van der Waals surface area contributed by atoms with E-state index in [1.165, 1.54) is 6.42 Å². The van der Waals surface area contributed by atoms with Crippen molar-refractivity contribution in [3.8, 4) is 23.0 Å². The fourth-order valence-corrected chi connectivity index (χ4v) is 6.17.